The van der Waals surface area contributed by atoms with Crippen LogP contribution < -0.4 is 22.1 Å². The van der Waals surface area contributed by atoms with Crippen molar-refractivity contribution in [3.63, 3.8) is 0 Å². The van der Waals surface area contributed by atoms with Gasteiger partial charge in [-0.3, -0.25) is 9.59 Å². The minimum Gasteiger partial charge on any atom is -0.480 e. The molecule has 2 aromatic carbocycles. The summed E-state index contributed by atoms with van der Waals surface area (Å²) >= 11 is 0. The molecule has 0 fully saturated rings. The number of hydrogen-bond donors (Lipinski definition) is 5. The zero-order chi connectivity index (χ0) is 23.3. The number of rotatable bonds is 13. The Hall–Kier alpha value is -3.23. The van der Waals surface area contributed by atoms with E-state index in [2.05, 4.69) is 10.6 Å². The van der Waals surface area contributed by atoms with Crippen molar-refractivity contribution >= 4 is 17.8 Å². The molecular formula is C24H32N4O4. The second kappa shape index (κ2) is 13.2. The molecule has 0 aliphatic heterocycles. The van der Waals surface area contributed by atoms with Gasteiger partial charge >= 0.3 is 5.97 Å². The maximum absolute atomic E-state index is 13.0. The lowest BCUT2D eigenvalue weighted by Crippen LogP contribution is -2.55. The molecule has 172 valence electrons. The third kappa shape index (κ3) is 8.49. The zero-order valence-electron chi connectivity index (χ0n) is 18.1. The number of nitrogens with two attached hydrogens (primary N) is 2. The van der Waals surface area contributed by atoms with E-state index in [-0.39, 0.29) is 12.8 Å². The molecule has 2 amide bonds. The predicted octanol–water partition coefficient (Wildman–Crippen LogP) is 0.982. The van der Waals surface area contributed by atoms with Crippen molar-refractivity contribution in [3.8, 4) is 0 Å². The molecule has 0 bridgehead atoms. The van der Waals surface area contributed by atoms with Gasteiger partial charge in [0.25, 0.3) is 0 Å². The summed E-state index contributed by atoms with van der Waals surface area (Å²) in [6.07, 6.45) is 2.04. The van der Waals surface area contributed by atoms with Crippen LogP contribution in [-0.4, -0.2) is 47.6 Å². The molecule has 0 saturated heterocycles. The Morgan fingerprint density at radius 2 is 1.31 bits per heavy atom. The number of aliphatic carboxylic acids is 1. The molecule has 8 heteroatoms. The molecule has 0 saturated carbocycles. The normalized spacial score (nSPS) is 13.6. The van der Waals surface area contributed by atoms with E-state index in [1.54, 1.807) is 0 Å². The molecule has 2 rings (SSSR count). The smallest absolute Gasteiger partial charge is 0.326 e. The summed E-state index contributed by atoms with van der Waals surface area (Å²) in [5.74, 6) is -2.16. The van der Waals surface area contributed by atoms with Crippen molar-refractivity contribution in [1.82, 2.24) is 10.6 Å². The van der Waals surface area contributed by atoms with Crippen molar-refractivity contribution < 1.29 is 19.5 Å². The van der Waals surface area contributed by atoms with E-state index >= 15 is 0 Å². The molecule has 32 heavy (non-hydrogen) atoms. The van der Waals surface area contributed by atoms with Gasteiger partial charge in [0.05, 0.1) is 6.04 Å². The molecule has 2 aromatic rings. The van der Waals surface area contributed by atoms with Crippen LogP contribution in [0.25, 0.3) is 0 Å². The van der Waals surface area contributed by atoms with E-state index < -0.39 is 35.9 Å². The monoisotopic (exact) mass is 440 g/mol. The molecule has 3 atom stereocenters. The van der Waals surface area contributed by atoms with Crippen LogP contribution in [0.1, 0.15) is 30.4 Å². The van der Waals surface area contributed by atoms with Crippen LogP contribution in [0, 0.1) is 0 Å². The highest BCUT2D eigenvalue weighted by molar-refractivity contribution is 5.92. The highest BCUT2D eigenvalue weighted by atomic mass is 16.4. The van der Waals surface area contributed by atoms with E-state index in [1.807, 2.05) is 60.7 Å². The largest absolute Gasteiger partial charge is 0.480 e. The second-order valence-electron chi connectivity index (χ2n) is 7.73. The standard InChI is InChI=1S/C24H32N4O4/c25-14-8-7-13-20(24(31)32)27-23(30)21(16-18-11-5-2-6-12-18)28-22(29)19(26)15-17-9-3-1-4-10-17/h1-6,9-12,19-21H,7-8,13-16,25-26H2,(H,27,30)(H,28,29)(H,31,32)/t19-,20-,21-/m1/s1. The summed E-state index contributed by atoms with van der Waals surface area (Å²) in [4.78, 5) is 37.3. The Labute approximate surface area is 188 Å². The quantitative estimate of drug-likeness (QED) is 0.293. The van der Waals surface area contributed by atoms with E-state index in [9.17, 15) is 19.5 Å². The van der Waals surface area contributed by atoms with Gasteiger partial charge in [-0.15, -0.1) is 0 Å². The summed E-state index contributed by atoms with van der Waals surface area (Å²) in [6.45, 7) is 0.451. The fourth-order valence-corrected chi connectivity index (χ4v) is 3.32. The number of carbonyl (C=O) groups is 3. The highest BCUT2D eigenvalue weighted by Crippen LogP contribution is 2.08. The van der Waals surface area contributed by atoms with Crippen LogP contribution in [0.5, 0.6) is 0 Å². The third-order valence-corrected chi connectivity index (χ3v) is 5.11. The fourth-order valence-electron chi connectivity index (χ4n) is 3.32. The maximum Gasteiger partial charge on any atom is 0.326 e. The van der Waals surface area contributed by atoms with Crippen molar-refractivity contribution in [3.05, 3.63) is 71.8 Å². The fraction of sp³-hybridized carbons (Fsp3) is 0.375. The van der Waals surface area contributed by atoms with Gasteiger partial charge in [0.15, 0.2) is 0 Å². The lowest BCUT2D eigenvalue weighted by molar-refractivity contribution is -0.142. The average Bonchev–Trinajstić information content (AvgIpc) is 2.79. The Bertz CT molecular complexity index is 861. The maximum atomic E-state index is 13.0. The number of unbranched alkanes of at least 4 members (excludes halogenated alkanes) is 1. The first-order valence-electron chi connectivity index (χ1n) is 10.8. The summed E-state index contributed by atoms with van der Waals surface area (Å²) in [5, 5.41) is 14.7. The van der Waals surface area contributed by atoms with E-state index in [1.165, 1.54) is 0 Å². The number of nitrogens with one attached hydrogen (secondary N) is 2. The Balaban J connectivity index is 2.09. The summed E-state index contributed by atoms with van der Waals surface area (Å²) in [6, 6.07) is 15.7. The van der Waals surface area contributed by atoms with E-state index in [0.717, 1.165) is 11.1 Å². The minimum atomic E-state index is -1.12. The van der Waals surface area contributed by atoms with Gasteiger partial charge in [0, 0.05) is 6.42 Å². The van der Waals surface area contributed by atoms with Gasteiger partial charge in [-0.2, -0.15) is 0 Å². The van der Waals surface area contributed by atoms with Crippen LogP contribution in [0.4, 0.5) is 0 Å². The topological polar surface area (TPSA) is 148 Å². The number of hydrogen-bond acceptors (Lipinski definition) is 5. The predicted molar refractivity (Wildman–Crippen MR) is 123 cm³/mol. The number of carboxylic acid groups (broad SMARTS) is 1. The van der Waals surface area contributed by atoms with Crippen molar-refractivity contribution in [1.29, 1.82) is 0 Å². The molecule has 0 spiro atoms. The van der Waals surface area contributed by atoms with Gasteiger partial charge in [0.1, 0.15) is 12.1 Å². The first kappa shape index (κ1) is 25.0. The lowest BCUT2D eigenvalue weighted by atomic mass is 10.0. The lowest BCUT2D eigenvalue weighted by Gasteiger charge is -2.23. The molecule has 7 N–H and O–H groups in total. The molecule has 0 aliphatic carbocycles. The first-order valence-corrected chi connectivity index (χ1v) is 10.8. The van der Waals surface area contributed by atoms with E-state index in [0.29, 0.717) is 25.8 Å². The summed E-state index contributed by atoms with van der Waals surface area (Å²) in [5.41, 5.74) is 13.3. The van der Waals surface area contributed by atoms with Crippen molar-refractivity contribution in [2.75, 3.05) is 6.54 Å². The summed E-state index contributed by atoms with van der Waals surface area (Å²) < 4.78 is 0. The number of carboxylic acids is 1. The Morgan fingerprint density at radius 3 is 1.84 bits per heavy atom. The molecule has 0 heterocycles. The van der Waals surface area contributed by atoms with Crippen LogP contribution in [0.3, 0.4) is 0 Å². The third-order valence-electron chi connectivity index (χ3n) is 5.11. The van der Waals surface area contributed by atoms with Crippen molar-refractivity contribution in [2.45, 2.75) is 50.2 Å². The molecule has 0 unspecified atom stereocenters. The summed E-state index contributed by atoms with van der Waals surface area (Å²) in [7, 11) is 0. The second-order valence-corrected chi connectivity index (χ2v) is 7.73. The Morgan fingerprint density at radius 1 is 0.781 bits per heavy atom. The average molecular weight is 441 g/mol. The van der Waals surface area contributed by atoms with E-state index in [4.69, 9.17) is 11.5 Å². The van der Waals surface area contributed by atoms with Crippen LogP contribution in [0.2, 0.25) is 0 Å². The van der Waals surface area contributed by atoms with Gasteiger partial charge in [0.2, 0.25) is 11.8 Å². The highest BCUT2D eigenvalue weighted by Gasteiger charge is 2.28. The molecule has 8 nitrogen and oxygen atoms in total. The SMILES string of the molecule is NCCCC[C@@H](NC(=O)[C@@H](Cc1ccccc1)NC(=O)[C@H](N)Cc1ccccc1)C(=O)O. The van der Waals surface area contributed by atoms with Crippen LogP contribution in [-0.2, 0) is 27.2 Å². The molecule has 0 aromatic heterocycles. The Kier molecular flexibility index (Phi) is 10.4. The van der Waals surface area contributed by atoms with Gasteiger partial charge in [-0.25, -0.2) is 4.79 Å². The minimum absolute atomic E-state index is 0.214. The number of carbonyl (C=O) groups excluding carboxylic acids is 2. The number of amides is 2. The molecular weight excluding hydrogens is 408 g/mol. The molecule has 0 aliphatic rings. The van der Waals surface area contributed by atoms with Crippen molar-refractivity contribution in [2.24, 2.45) is 11.5 Å². The van der Waals surface area contributed by atoms with Crippen LogP contribution >= 0.6 is 0 Å². The van der Waals surface area contributed by atoms with Gasteiger partial charge in [-0.1, -0.05) is 60.7 Å². The first-order chi connectivity index (χ1) is 15.4. The molecule has 0 radical (unpaired) electrons. The van der Waals surface area contributed by atoms with Gasteiger partial charge < -0.3 is 27.2 Å². The number of benzene rings is 2. The van der Waals surface area contributed by atoms with Gasteiger partial charge in [-0.05, 0) is 43.4 Å². The van der Waals surface area contributed by atoms with Crippen LogP contribution in [0.15, 0.2) is 60.7 Å². The zero-order valence-corrected chi connectivity index (χ0v) is 18.1.